The molecule has 1 aromatic carbocycles. The Labute approximate surface area is 111 Å². The number of halogens is 2. The number of nitrogens with zero attached hydrogens (tertiary/aromatic N) is 1. The highest BCUT2D eigenvalue weighted by Crippen LogP contribution is 2.22. The minimum atomic E-state index is -0.602. The van der Waals surface area contributed by atoms with E-state index >= 15 is 0 Å². The molecule has 0 bridgehead atoms. The third-order valence-electron chi connectivity index (χ3n) is 2.29. The van der Waals surface area contributed by atoms with E-state index in [1.165, 1.54) is 24.5 Å². The number of hydrogen-bond donors (Lipinski definition) is 2. The number of nitrogens with one attached hydrogen (secondary N) is 1. The molecule has 1 amide bonds. The minimum Gasteiger partial charge on any atom is -0.396 e. The summed E-state index contributed by atoms with van der Waals surface area (Å²) >= 11 is 3.14. The lowest BCUT2D eigenvalue weighted by molar-refractivity contribution is 0.102. The van der Waals surface area contributed by atoms with Gasteiger partial charge in [0.25, 0.3) is 5.91 Å². The highest BCUT2D eigenvalue weighted by Gasteiger charge is 2.16. The molecule has 2 aromatic rings. The Morgan fingerprint density at radius 3 is 2.83 bits per heavy atom. The number of nitrogens with two attached hydrogens (primary N) is 1. The van der Waals surface area contributed by atoms with Crippen LogP contribution in [-0.2, 0) is 0 Å². The number of carbonyl (C=O) groups excluding carboxylic acids is 1. The first-order chi connectivity index (χ1) is 8.59. The normalized spacial score (nSPS) is 10.1. The van der Waals surface area contributed by atoms with Gasteiger partial charge < -0.3 is 11.1 Å². The summed E-state index contributed by atoms with van der Waals surface area (Å²) in [6, 6.07) is 5.86. The van der Waals surface area contributed by atoms with Gasteiger partial charge in [-0.2, -0.15) is 0 Å². The van der Waals surface area contributed by atoms with Gasteiger partial charge in [-0.15, -0.1) is 0 Å². The second kappa shape index (κ2) is 5.14. The van der Waals surface area contributed by atoms with E-state index in [1.54, 1.807) is 12.1 Å². The first kappa shape index (κ1) is 12.5. The fraction of sp³-hybridized carbons (Fsp3) is 0. The minimum absolute atomic E-state index is 0.0614. The fourth-order valence-corrected chi connectivity index (χ4v) is 1.94. The van der Waals surface area contributed by atoms with Crippen LogP contribution >= 0.6 is 15.9 Å². The molecule has 0 atom stereocenters. The van der Waals surface area contributed by atoms with Crippen molar-refractivity contribution in [2.45, 2.75) is 0 Å². The zero-order valence-electron chi connectivity index (χ0n) is 9.15. The second-order valence-electron chi connectivity index (χ2n) is 3.51. The largest absolute Gasteiger partial charge is 0.396 e. The van der Waals surface area contributed by atoms with Crippen molar-refractivity contribution in [3.63, 3.8) is 0 Å². The van der Waals surface area contributed by atoms with E-state index in [2.05, 4.69) is 26.2 Å². The molecule has 1 heterocycles. The lowest BCUT2D eigenvalue weighted by atomic mass is 10.2. The van der Waals surface area contributed by atoms with Crippen LogP contribution in [0.3, 0.4) is 0 Å². The van der Waals surface area contributed by atoms with Gasteiger partial charge in [0.05, 0.1) is 23.1 Å². The van der Waals surface area contributed by atoms with Crippen molar-refractivity contribution < 1.29 is 9.18 Å². The number of nitrogen functional groups attached to an aromatic ring is 1. The van der Waals surface area contributed by atoms with Crippen LogP contribution in [0.1, 0.15) is 10.4 Å². The molecule has 1 aromatic heterocycles. The van der Waals surface area contributed by atoms with E-state index < -0.39 is 11.7 Å². The zero-order chi connectivity index (χ0) is 13.1. The molecule has 4 nitrogen and oxygen atoms in total. The van der Waals surface area contributed by atoms with Crippen LogP contribution in [0.5, 0.6) is 0 Å². The second-order valence-corrected chi connectivity index (χ2v) is 4.37. The van der Waals surface area contributed by atoms with Gasteiger partial charge in [-0.1, -0.05) is 6.07 Å². The molecule has 2 rings (SSSR count). The molecule has 0 spiro atoms. The molecule has 6 heteroatoms. The van der Waals surface area contributed by atoms with Crippen molar-refractivity contribution in [3.8, 4) is 0 Å². The van der Waals surface area contributed by atoms with E-state index in [0.717, 1.165) is 0 Å². The van der Waals surface area contributed by atoms with Crippen molar-refractivity contribution in [2.75, 3.05) is 11.1 Å². The molecule has 18 heavy (non-hydrogen) atoms. The number of carbonyl (C=O) groups is 1. The number of anilines is 2. The van der Waals surface area contributed by atoms with E-state index in [-0.39, 0.29) is 5.56 Å². The predicted octanol–water partition coefficient (Wildman–Crippen LogP) is 2.82. The first-order valence-electron chi connectivity index (χ1n) is 5.04. The van der Waals surface area contributed by atoms with Gasteiger partial charge in [-0.25, -0.2) is 4.39 Å². The Hall–Kier alpha value is -1.95. The molecule has 0 unspecified atom stereocenters. The predicted molar refractivity (Wildman–Crippen MR) is 70.7 cm³/mol. The number of amides is 1. The summed E-state index contributed by atoms with van der Waals surface area (Å²) in [4.78, 5) is 15.8. The molecule has 0 radical (unpaired) electrons. The molecule has 0 saturated carbocycles. The van der Waals surface area contributed by atoms with Crippen LogP contribution in [0, 0.1) is 5.82 Å². The Bertz CT molecular complexity index is 583. The maximum atomic E-state index is 13.6. The number of benzene rings is 1. The average Bonchev–Trinajstić information content (AvgIpc) is 2.32. The summed E-state index contributed by atoms with van der Waals surface area (Å²) in [5.41, 5.74) is 6.29. The maximum Gasteiger partial charge on any atom is 0.259 e. The molecular formula is C12H9BrFN3O. The van der Waals surface area contributed by atoms with Gasteiger partial charge >= 0.3 is 0 Å². The van der Waals surface area contributed by atoms with Gasteiger partial charge in [-0.3, -0.25) is 9.78 Å². The van der Waals surface area contributed by atoms with Gasteiger partial charge in [0.15, 0.2) is 0 Å². The lowest BCUT2D eigenvalue weighted by Gasteiger charge is -2.09. The molecule has 0 aliphatic rings. The monoisotopic (exact) mass is 309 g/mol. The van der Waals surface area contributed by atoms with E-state index in [9.17, 15) is 9.18 Å². The molecular weight excluding hydrogens is 301 g/mol. The molecule has 0 aliphatic heterocycles. The van der Waals surface area contributed by atoms with Crippen LogP contribution < -0.4 is 11.1 Å². The van der Waals surface area contributed by atoms with Crippen LogP contribution in [0.4, 0.5) is 15.8 Å². The van der Waals surface area contributed by atoms with Crippen LogP contribution in [0.25, 0.3) is 0 Å². The Kier molecular flexibility index (Phi) is 3.57. The van der Waals surface area contributed by atoms with Crippen molar-refractivity contribution in [2.24, 2.45) is 0 Å². The van der Waals surface area contributed by atoms with Crippen molar-refractivity contribution in [1.29, 1.82) is 0 Å². The number of pyridine rings is 1. The Balaban J connectivity index is 2.31. The third-order valence-corrected chi connectivity index (χ3v) is 2.95. The van der Waals surface area contributed by atoms with Crippen LogP contribution in [0.2, 0.25) is 0 Å². The summed E-state index contributed by atoms with van der Waals surface area (Å²) in [5, 5.41) is 2.53. The van der Waals surface area contributed by atoms with Crippen LogP contribution in [0.15, 0.2) is 41.1 Å². The number of rotatable bonds is 2. The summed E-state index contributed by atoms with van der Waals surface area (Å²) < 4.78 is 14.0. The van der Waals surface area contributed by atoms with Gasteiger partial charge in [0, 0.05) is 10.7 Å². The SMILES string of the molecule is Nc1cnccc1NC(=O)c1c(F)cccc1Br. The van der Waals surface area contributed by atoms with Crippen molar-refractivity contribution in [1.82, 2.24) is 4.98 Å². The Morgan fingerprint density at radius 1 is 1.39 bits per heavy atom. The number of aromatic nitrogens is 1. The van der Waals surface area contributed by atoms with Crippen LogP contribution in [-0.4, -0.2) is 10.9 Å². The molecule has 0 aliphatic carbocycles. The topological polar surface area (TPSA) is 68.0 Å². The third kappa shape index (κ3) is 2.48. The summed E-state index contributed by atoms with van der Waals surface area (Å²) in [6.45, 7) is 0. The fourth-order valence-electron chi connectivity index (χ4n) is 1.42. The maximum absolute atomic E-state index is 13.6. The summed E-state index contributed by atoms with van der Waals surface area (Å²) in [7, 11) is 0. The smallest absolute Gasteiger partial charge is 0.259 e. The molecule has 0 saturated heterocycles. The summed E-state index contributed by atoms with van der Waals surface area (Å²) in [5.74, 6) is -1.17. The average molecular weight is 310 g/mol. The van der Waals surface area contributed by atoms with E-state index in [1.807, 2.05) is 0 Å². The highest BCUT2D eigenvalue weighted by atomic mass is 79.9. The van der Waals surface area contributed by atoms with Crippen molar-refractivity contribution >= 4 is 33.2 Å². The standard InChI is InChI=1S/C12H9BrFN3O/c13-7-2-1-3-8(14)11(7)12(18)17-10-4-5-16-6-9(10)15/h1-6H,15H2,(H,16,17,18). The highest BCUT2D eigenvalue weighted by molar-refractivity contribution is 9.10. The molecule has 3 N–H and O–H groups in total. The lowest BCUT2D eigenvalue weighted by Crippen LogP contribution is -2.15. The summed E-state index contributed by atoms with van der Waals surface area (Å²) in [6.07, 6.45) is 2.90. The van der Waals surface area contributed by atoms with Crippen molar-refractivity contribution in [3.05, 3.63) is 52.5 Å². The first-order valence-corrected chi connectivity index (χ1v) is 5.83. The van der Waals surface area contributed by atoms with Gasteiger partial charge in [0.1, 0.15) is 5.82 Å². The molecule has 0 fully saturated rings. The molecule has 92 valence electrons. The van der Waals surface area contributed by atoms with E-state index in [4.69, 9.17) is 5.73 Å². The Morgan fingerprint density at radius 2 is 2.17 bits per heavy atom. The number of hydrogen-bond acceptors (Lipinski definition) is 3. The zero-order valence-corrected chi connectivity index (χ0v) is 10.7. The quantitative estimate of drug-likeness (QED) is 0.896. The van der Waals surface area contributed by atoms with Gasteiger partial charge in [-0.05, 0) is 34.1 Å². The van der Waals surface area contributed by atoms with Gasteiger partial charge in [0.2, 0.25) is 0 Å². The van der Waals surface area contributed by atoms with E-state index in [0.29, 0.717) is 15.8 Å².